The smallest absolute Gasteiger partial charge is 0.274 e. The van der Waals surface area contributed by atoms with Gasteiger partial charge >= 0.3 is 0 Å². The molecule has 0 aliphatic carbocycles. The second kappa shape index (κ2) is 9.70. The molecule has 9 heteroatoms. The number of hydrogen-bond acceptors (Lipinski definition) is 5. The van der Waals surface area contributed by atoms with Gasteiger partial charge in [-0.2, -0.15) is 0 Å². The Morgan fingerprint density at radius 3 is 2.41 bits per heavy atom. The Labute approximate surface area is 198 Å². The number of aryl methyl sites for hydroxylation is 1. The zero-order chi connectivity index (χ0) is 24.4. The number of amides is 3. The van der Waals surface area contributed by atoms with Gasteiger partial charge in [0.25, 0.3) is 11.5 Å². The van der Waals surface area contributed by atoms with E-state index in [0.29, 0.717) is 36.0 Å². The Bertz CT molecular complexity index is 1150. The molecule has 1 unspecified atom stereocenters. The van der Waals surface area contributed by atoms with Crippen molar-refractivity contribution in [3.05, 3.63) is 52.4 Å². The number of ether oxygens (including phenoxy) is 1. The fraction of sp³-hybridized carbons (Fsp3) is 0.440. The summed E-state index contributed by atoms with van der Waals surface area (Å²) >= 11 is 0. The highest BCUT2D eigenvalue weighted by atomic mass is 16.5. The largest absolute Gasteiger partial charge is 0.497 e. The molecular formula is C25H30N4O5. The minimum absolute atomic E-state index is 0.0408. The molecular weight excluding hydrogens is 436 g/mol. The van der Waals surface area contributed by atoms with E-state index >= 15 is 0 Å². The van der Waals surface area contributed by atoms with Crippen molar-refractivity contribution >= 4 is 29.1 Å². The Kier molecular flexibility index (Phi) is 6.72. The van der Waals surface area contributed by atoms with E-state index in [2.05, 4.69) is 12.2 Å². The van der Waals surface area contributed by atoms with Gasteiger partial charge in [-0.25, -0.2) is 0 Å². The van der Waals surface area contributed by atoms with Crippen molar-refractivity contribution in [1.82, 2.24) is 9.47 Å². The van der Waals surface area contributed by atoms with Crippen LogP contribution < -0.4 is 20.5 Å². The van der Waals surface area contributed by atoms with Crippen LogP contribution in [0.4, 0.5) is 11.4 Å². The lowest BCUT2D eigenvalue weighted by Crippen LogP contribution is -2.38. The summed E-state index contributed by atoms with van der Waals surface area (Å²) in [6.07, 6.45) is 3.44. The van der Waals surface area contributed by atoms with Gasteiger partial charge in [0.15, 0.2) is 0 Å². The Morgan fingerprint density at radius 1 is 1.09 bits per heavy atom. The number of nitrogens with one attached hydrogen (secondary N) is 1. The number of methoxy groups -OCH3 is 1. The number of pyridine rings is 1. The molecule has 3 heterocycles. The molecule has 0 spiro atoms. The highest BCUT2D eigenvalue weighted by Gasteiger charge is 2.35. The van der Waals surface area contributed by atoms with Gasteiger partial charge in [-0.15, -0.1) is 0 Å². The van der Waals surface area contributed by atoms with Crippen LogP contribution in [0.5, 0.6) is 5.75 Å². The molecule has 9 nitrogen and oxygen atoms in total. The minimum atomic E-state index is -0.609. The summed E-state index contributed by atoms with van der Waals surface area (Å²) < 4.78 is 6.45. The molecule has 34 heavy (non-hydrogen) atoms. The number of benzene rings is 1. The van der Waals surface area contributed by atoms with Gasteiger partial charge in [0.2, 0.25) is 11.8 Å². The quantitative estimate of drug-likeness (QED) is 0.729. The third-order valence-corrected chi connectivity index (χ3v) is 6.64. The molecule has 1 aromatic carbocycles. The van der Waals surface area contributed by atoms with Crippen molar-refractivity contribution in [2.75, 3.05) is 37.0 Å². The molecule has 1 atom stereocenters. The van der Waals surface area contributed by atoms with Gasteiger partial charge in [-0.05, 0) is 49.1 Å². The van der Waals surface area contributed by atoms with Crippen LogP contribution >= 0.6 is 0 Å². The van der Waals surface area contributed by atoms with Crippen LogP contribution in [-0.4, -0.2) is 53.9 Å². The van der Waals surface area contributed by atoms with E-state index in [9.17, 15) is 19.2 Å². The lowest BCUT2D eigenvalue weighted by atomic mass is 9.99. The van der Waals surface area contributed by atoms with Crippen LogP contribution in [0.15, 0.2) is 41.3 Å². The van der Waals surface area contributed by atoms with Gasteiger partial charge in [0, 0.05) is 45.0 Å². The lowest BCUT2D eigenvalue weighted by Gasteiger charge is -2.30. The summed E-state index contributed by atoms with van der Waals surface area (Å²) in [6.45, 7) is 3.74. The maximum Gasteiger partial charge on any atom is 0.274 e. The summed E-state index contributed by atoms with van der Waals surface area (Å²) in [5, 5.41) is 2.67. The Hall–Kier alpha value is -3.62. The van der Waals surface area contributed by atoms with Gasteiger partial charge in [0.05, 0.1) is 18.6 Å². The monoisotopic (exact) mass is 466 g/mol. The fourth-order valence-corrected chi connectivity index (χ4v) is 4.44. The summed E-state index contributed by atoms with van der Waals surface area (Å²) in [5.41, 5.74) is 0.669. The highest BCUT2D eigenvalue weighted by Crippen LogP contribution is 2.27. The fourth-order valence-electron chi connectivity index (χ4n) is 4.44. The van der Waals surface area contributed by atoms with Crippen LogP contribution in [0.1, 0.15) is 36.5 Å². The van der Waals surface area contributed by atoms with Crippen molar-refractivity contribution in [1.29, 1.82) is 0 Å². The normalized spacial score (nSPS) is 18.8. The van der Waals surface area contributed by atoms with Crippen LogP contribution in [0.3, 0.4) is 0 Å². The second-order valence-corrected chi connectivity index (χ2v) is 9.13. The van der Waals surface area contributed by atoms with E-state index in [4.69, 9.17) is 4.74 Å². The number of piperidine rings is 1. The zero-order valence-corrected chi connectivity index (χ0v) is 19.7. The van der Waals surface area contributed by atoms with Crippen molar-refractivity contribution in [3.63, 3.8) is 0 Å². The minimum Gasteiger partial charge on any atom is -0.497 e. The molecule has 2 aliphatic rings. The first-order valence-electron chi connectivity index (χ1n) is 11.5. The van der Waals surface area contributed by atoms with Gasteiger partial charge in [0.1, 0.15) is 11.4 Å². The van der Waals surface area contributed by atoms with E-state index in [1.807, 2.05) is 0 Å². The number of nitrogens with zero attached hydrogens (tertiary/aromatic N) is 3. The van der Waals surface area contributed by atoms with E-state index < -0.39 is 17.4 Å². The van der Waals surface area contributed by atoms with Crippen molar-refractivity contribution in [3.8, 4) is 5.75 Å². The number of likely N-dealkylation sites (tertiary alicyclic amines) is 1. The summed E-state index contributed by atoms with van der Waals surface area (Å²) in [4.78, 5) is 54.5. The van der Waals surface area contributed by atoms with Crippen LogP contribution in [0.2, 0.25) is 0 Å². The standard InChI is InChI=1S/C25H30N4O5/c1-16-8-10-28(11-9-16)24(32)18-12-21(25(33)27(2)14-18)26-23(31)17-13-22(30)29(15-17)19-4-6-20(34-3)7-5-19/h4-7,12,14,16-17H,8-11,13,15H2,1-3H3,(H,26,31). The molecule has 3 amide bonds. The SMILES string of the molecule is COc1ccc(N2CC(C(=O)Nc3cc(C(=O)N4CCC(C)CC4)cn(C)c3=O)CC2=O)cc1. The molecule has 0 saturated carbocycles. The predicted octanol–water partition coefficient (Wildman–Crippen LogP) is 2.26. The average Bonchev–Trinajstić information content (AvgIpc) is 3.23. The molecule has 1 N–H and O–H groups in total. The number of rotatable bonds is 5. The van der Waals surface area contributed by atoms with Crippen LogP contribution in [0, 0.1) is 11.8 Å². The molecule has 2 saturated heterocycles. The first-order chi connectivity index (χ1) is 16.3. The molecule has 1 aromatic heterocycles. The van der Waals surface area contributed by atoms with E-state index in [-0.39, 0.29) is 30.5 Å². The molecule has 4 rings (SSSR count). The first kappa shape index (κ1) is 23.5. The van der Waals surface area contributed by atoms with Crippen LogP contribution in [0.25, 0.3) is 0 Å². The van der Waals surface area contributed by atoms with Gasteiger partial charge in [-0.1, -0.05) is 6.92 Å². The topological polar surface area (TPSA) is 101 Å². The maximum absolute atomic E-state index is 13.0. The van der Waals surface area contributed by atoms with E-state index in [1.54, 1.807) is 48.2 Å². The molecule has 2 fully saturated rings. The molecule has 2 aliphatic heterocycles. The molecule has 180 valence electrons. The summed E-state index contributed by atoms with van der Waals surface area (Å²) in [7, 11) is 3.12. The van der Waals surface area contributed by atoms with E-state index in [1.165, 1.54) is 16.8 Å². The number of carbonyl (C=O) groups is 3. The molecule has 0 bridgehead atoms. The summed E-state index contributed by atoms with van der Waals surface area (Å²) in [6, 6.07) is 8.49. The third-order valence-electron chi connectivity index (χ3n) is 6.64. The predicted molar refractivity (Wildman–Crippen MR) is 128 cm³/mol. The number of carbonyl (C=O) groups excluding carboxylic acids is 3. The third kappa shape index (κ3) is 4.83. The van der Waals surface area contributed by atoms with Crippen molar-refractivity contribution < 1.29 is 19.1 Å². The zero-order valence-electron chi connectivity index (χ0n) is 19.7. The number of anilines is 2. The Morgan fingerprint density at radius 2 is 1.76 bits per heavy atom. The molecule has 2 aromatic rings. The van der Waals surface area contributed by atoms with Gasteiger partial charge in [-0.3, -0.25) is 19.2 Å². The number of hydrogen-bond donors (Lipinski definition) is 1. The lowest BCUT2D eigenvalue weighted by molar-refractivity contribution is -0.122. The second-order valence-electron chi connectivity index (χ2n) is 9.13. The van der Waals surface area contributed by atoms with Gasteiger partial charge < -0.3 is 24.4 Å². The maximum atomic E-state index is 13.0. The average molecular weight is 467 g/mol. The highest BCUT2D eigenvalue weighted by molar-refractivity contribution is 6.04. The van der Waals surface area contributed by atoms with E-state index in [0.717, 1.165) is 12.8 Å². The first-order valence-corrected chi connectivity index (χ1v) is 11.5. The summed E-state index contributed by atoms with van der Waals surface area (Å²) in [5.74, 6) is -0.0824. The number of aromatic nitrogens is 1. The molecule has 0 radical (unpaired) electrons. The Balaban J connectivity index is 1.47. The van der Waals surface area contributed by atoms with Crippen molar-refractivity contribution in [2.45, 2.75) is 26.2 Å². The van der Waals surface area contributed by atoms with Crippen molar-refractivity contribution in [2.24, 2.45) is 18.9 Å². The van der Waals surface area contributed by atoms with Crippen LogP contribution in [-0.2, 0) is 16.6 Å².